The van der Waals surface area contributed by atoms with Crippen molar-refractivity contribution in [2.75, 3.05) is 0 Å². The number of pyridine rings is 1. The number of hydrogen-bond donors (Lipinski definition) is 1. The molecular weight excluding hydrogens is 398 g/mol. The van der Waals surface area contributed by atoms with E-state index in [0.717, 1.165) is 27.1 Å². The van der Waals surface area contributed by atoms with Crippen molar-refractivity contribution in [2.45, 2.75) is 27.3 Å². The van der Waals surface area contributed by atoms with E-state index in [0.29, 0.717) is 10.9 Å². The number of aryl methyl sites for hydroxylation is 2. The van der Waals surface area contributed by atoms with Gasteiger partial charge in [0.05, 0.1) is 26.9 Å². The smallest absolute Gasteiger partial charge is 0.366 e. The topological polar surface area (TPSA) is 95.4 Å². The monoisotopic (exact) mass is 415 g/mol. The Kier molecular flexibility index (Phi) is 5.03. The molecule has 2 N–H and O–H groups in total. The highest BCUT2D eigenvalue weighted by Crippen LogP contribution is 2.20. The van der Waals surface area contributed by atoms with Crippen LogP contribution in [0, 0.1) is 20.8 Å². The molecule has 0 aliphatic carbocycles. The molecule has 0 radical (unpaired) electrons. The molecule has 1 aromatic carbocycles. The summed E-state index contributed by atoms with van der Waals surface area (Å²) in [5, 5.41) is 8.82. The van der Waals surface area contributed by atoms with Gasteiger partial charge in [0.2, 0.25) is 0 Å². The van der Waals surface area contributed by atoms with E-state index >= 15 is 0 Å². The average Bonchev–Trinajstić information content (AvgIpc) is 2.85. The predicted octanol–water partition coefficient (Wildman–Crippen LogP) is 3.25. The van der Waals surface area contributed by atoms with Crippen LogP contribution < -0.4 is 5.73 Å². The summed E-state index contributed by atoms with van der Waals surface area (Å²) >= 11 is 3.46. The molecule has 0 bridgehead atoms. The normalized spacial score (nSPS) is 11.8. The first-order valence-corrected chi connectivity index (χ1v) is 8.75. The third-order valence-corrected chi connectivity index (χ3v) is 5.06. The van der Waals surface area contributed by atoms with Gasteiger partial charge in [-0.1, -0.05) is 23.4 Å². The molecule has 0 fully saturated rings. The van der Waals surface area contributed by atoms with Crippen LogP contribution in [0.15, 0.2) is 40.0 Å². The van der Waals surface area contributed by atoms with Crippen LogP contribution >= 0.6 is 15.9 Å². The van der Waals surface area contributed by atoms with Crippen LogP contribution in [0.25, 0.3) is 10.9 Å². The van der Waals surface area contributed by atoms with E-state index in [4.69, 9.17) is 10.6 Å². The Morgan fingerprint density at radius 1 is 1.31 bits per heavy atom. The number of nitrogens with zero attached hydrogens (tertiary/aromatic N) is 4. The van der Waals surface area contributed by atoms with Gasteiger partial charge in [-0.05, 0) is 48.8 Å². The summed E-state index contributed by atoms with van der Waals surface area (Å²) in [6.07, 6.45) is 0. The molecule has 0 saturated carbocycles. The first-order chi connectivity index (χ1) is 12.4. The number of rotatable bonds is 4. The zero-order chi connectivity index (χ0) is 18.8. The van der Waals surface area contributed by atoms with Crippen molar-refractivity contribution in [2.24, 2.45) is 10.9 Å². The molecule has 3 aromatic rings. The van der Waals surface area contributed by atoms with E-state index in [1.807, 2.05) is 45.0 Å². The zero-order valence-corrected chi connectivity index (χ0v) is 16.2. The lowest BCUT2D eigenvalue weighted by Gasteiger charge is -2.06. The number of halogens is 1. The summed E-state index contributed by atoms with van der Waals surface area (Å²) in [7, 11) is 0. The average molecular weight is 416 g/mol. The van der Waals surface area contributed by atoms with Crippen LogP contribution in [0.3, 0.4) is 0 Å². The van der Waals surface area contributed by atoms with Gasteiger partial charge in [-0.25, -0.2) is 4.79 Å². The van der Waals surface area contributed by atoms with E-state index in [-0.39, 0.29) is 12.4 Å². The third-order valence-electron chi connectivity index (χ3n) is 3.91. The van der Waals surface area contributed by atoms with Crippen molar-refractivity contribution in [3.8, 4) is 0 Å². The van der Waals surface area contributed by atoms with E-state index < -0.39 is 5.97 Å². The molecule has 134 valence electrons. The van der Waals surface area contributed by atoms with Crippen molar-refractivity contribution in [3.05, 3.63) is 57.4 Å². The second-order valence-electron chi connectivity index (χ2n) is 5.93. The van der Waals surface area contributed by atoms with Crippen LogP contribution in [0.4, 0.5) is 0 Å². The van der Waals surface area contributed by atoms with Gasteiger partial charge >= 0.3 is 5.97 Å². The standard InChI is InChI=1S/C18H18BrN5O2/c1-10-8-14(13-6-4-5-7-15(13)21-10)18(25)26-23-16(20)9-24-12(3)17(19)11(2)22-24/h4-8H,9H2,1-3H3,(H2,20,23). The van der Waals surface area contributed by atoms with Crippen LogP contribution in [-0.2, 0) is 11.4 Å². The molecule has 26 heavy (non-hydrogen) atoms. The minimum Gasteiger partial charge on any atom is -0.383 e. The lowest BCUT2D eigenvalue weighted by atomic mass is 10.1. The second-order valence-corrected chi connectivity index (χ2v) is 6.73. The number of hydrogen-bond acceptors (Lipinski definition) is 5. The highest BCUT2D eigenvalue weighted by Gasteiger charge is 2.14. The van der Waals surface area contributed by atoms with Gasteiger partial charge in [0.1, 0.15) is 6.54 Å². The van der Waals surface area contributed by atoms with Gasteiger partial charge < -0.3 is 10.6 Å². The predicted molar refractivity (Wildman–Crippen MR) is 103 cm³/mol. The van der Waals surface area contributed by atoms with Crippen molar-refractivity contribution in [1.29, 1.82) is 0 Å². The fraction of sp³-hybridized carbons (Fsp3) is 0.222. The summed E-state index contributed by atoms with van der Waals surface area (Å²) < 4.78 is 2.61. The van der Waals surface area contributed by atoms with E-state index in [1.54, 1.807) is 10.7 Å². The molecule has 3 rings (SSSR count). The molecule has 2 aromatic heterocycles. The number of fused-ring (bicyclic) bond motifs is 1. The molecule has 0 aliphatic heterocycles. The van der Waals surface area contributed by atoms with Gasteiger partial charge in [0, 0.05) is 11.1 Å². The van der Waals surface area contributed by atoms with Gasteiger partial charge in [0.15, 0.2) is 5.84 Å². The maximum atomic E-state index is 12.5. The zero-order valence-electron chi connectivity index (χ0n) is 14.7. The molecule has 7 nitrogen and oxygen atoms in total. The van der Waals surface area contributed by atoms with Crippen molar-refractivity contribution >= 4 is 38.6 Å². The van der Waals surface area contributed by atoms with Gasteiger partial charge in [0.25, 0.3) is 0 Å². The number of carbonyl (C=O) groups excluding carboxylic acids is 1. The SMILES string of the molecule is Cc1cc(C(=O)ON=C(N)Cn2nc(C)c(Br)c2C)c2ccccc2n1. The Hall–Kier alpha value is -2.74. The number of oxime groups is 1. The number of nitrogens with two attached hydrogens (primary N) is 1. The summed E-state index contributed by atoms with van der Waals surface area (Å²) in [6, 6.07) is 9.05. The van der Waals surface area contributed by atoms with Crippen LogP contribution in [0.5, 0.6) is 0 Å². The number of para-hydroxylation sites is 1. The highest BCUT2D eigenvalue weighted by atomic mass is 79.9. The highest BCUT2D eigenvalue weighted by molar-refractivity contribution is 9.10. The molecule has 0 saturated heterocycles. The maximum absolute atomic E-state index is 12.5. The first kappa shape index (κ1) is 18.1. The molecular formula is C18H18BrN5O2. The lowest BCUT2D eigenvalue weighted by Crippen LogP contribution is -2.22. The molecule has 0 amide bonds. The molecule has 0 spiro atoms. The lowest BCUT2D eigenvalue weighted by molar-refractivity contribution is 0.0516. The van der Waals surface area contributed by atoms with E-state index in [9.17, 15) is 4.79 Å². The van der Waals surface area contributed by atoms with Crippen molar-refractivity contribution in [1.82, 2.24) is 14.8 Å². The minimum absolute atomic E-state index is 0.145. The Bertz CT molecular complexity index is 1030. The Morgan fingerprint density at radius 3 is 2.73 bits per heavy atom. The quantitative estimate of drug-likeness (QED) is 0.305. The molecule has 0 unspecified atom stereocenters. The van der Waals surface area contributed by atoms with E-state index in [1.165, 1.54) is 0 Å². The number of amidine groups is 1. The van der Waals surface area contributed by atoms with Crippen molar-refractivity contribution in [3.63, 3.8) is 0 Å². The number of aromatic nitrogens is 3. The maximum Gasteiger partial charge on any atom is 0.366 e. The van der Waals surface area contributed by atoms with Crippen LogP contribution in [-0.4, -0.2) is 26.6 Å². The fourth-order valence-electron chi connectivity index (χ4n) is 2.64. The Labute approximate surface area is 159 Å². The van der Waals surface area contributed by atoms with Gasteiger partial charge in [-0.3, -0.25) is 9.67 Å². The molecule has 8 heteroatoms. The Balaban J connectivity index is 1.80. The van der Waals surface area contributed by atoms with Gasteiger partial charge in [-0.2, -0.15) is 5.10 Å². The van der Waals surface area contributed by atoms with Crippen molar-refractivity contribution < 1.29 is 9.63 Å². The van der Waals surface area contributed by atoms with E-state index in [2.05, 4.69) is 31.2 Å². The summed E-state index contributed by atoms with van der Waals surface area (Å²) in [5.41, 5.74) is 9.51. The summed E-state index contributed by atoms with van der Waals surface area (Å²) in [6.45, 7) is 5.84. The summed E-state index contributed by atoms with van der Waals surface area (Å²) in [5.74, 6) is -0.435. The van der Waals surface area contributed by atoms with Crippen LogP contribution in [0.2, 0.25) is 0 Å². The fourth-order valence-corrected chi connectivity index (χ4v) is 2.92. The van der Waals surface area contributed by atoms with Crippen LogP contribution in [0.1, 0.15) is 27.4 Å². The first-order valence-electron chi connectivity index (χ1n) is 7.96. The minimum atomic E-state index is -0.579. The number of benzene rings is 1. The summed E-state index contributed by atoms with van der Waals surface area (Å²) in [4.78, 5) is 21.9. The molecule has 0 aliphatic rings. The molecule has 2 heterocycles. The largest absolute Gasteiger partial charge is 0.383 e. The Morgan fingerprint density at radius 2 is 2.04 bits per heavy atom. The number of carbonyl (C=O) groups is 1. The third kappa shape index (κ3) is 3.60. The van der Waals surface area contributed by atoms with Gasteiger partial charge in [-0.15, -0.1) is 0 Å². The molecule has 0 atom stereocenters. The second kappa shape index (κ2) is 7.25.